The molecule has 0 aliphatic rings. The van der Waals surface area contributed by atoms with Gasteiger partial charge in [-0.05, 0) is 67.5 Å². The van der Waals surface area contributed by atoms with Crippen molar-refractivity contribution in [2.45, 2.75) is 26.7 Å². The Labute approximate surface area is 204 Å². The molecule has 0 aliphatic carbocycles. The minimum atomic E-state index is -0.492. The Morgan fingerprint density at radius 2 is 1.75 bits per heavy atom. The largest absolute Gasteiger partial charge is 0.484 e. The molecule has 32 heavy (non-hydrogen) atoms. The van der Waals surface area contributed by atoms with Gasteiger partial charge < -0.3 is 10.1 Å². The van der Waals surface area contributed by atoms with E-state index in [4.69, 9.17) is 28.6 Å². The van der Waals surface area contributed by atoms with Crippen molar-refractivity contribution in [2.75, 3.05) is 11.9 Å². The molecular formula is C21H22BrClN4O4S. The summed E-state index contributed by atoms with van der Waals surface area (Å²) in [5.41, 5.74) is 7.03. The lowest BCUT2D eigenvalue weighted by Gasteiger charge is -2.12. The van der Waals surface area contributed by atoms with Gasteiger partial charge in [0.1, 0.15) is 5.75 Å². The molecule has 0 aliphatic heterocycles. The molecule has 0 heterocycles. The summed E-state index contributed by atoms with van der Waals surface area (Å²) in [6.45, 7) is 3.44. The van der Waals surface area contributed by atoms with Crippen molar-refractivity contribution in [1.29, 1.82) is 0 Å². The first kappa shape index (κ1) is 25.6. The Morgan fingerprint density at radius 3 is 2.47 bits per heavy atom. The van der Waals surface area contributed by atoms with Crippen molar-refractivity contribution >= 4 is 68.3 Å². The van der Waals surface area contributed by atoms with Crippen LogP contribution in [-0.4, -0.2) is 29.4 Å². The van der Waals surface area contributed by atoms with Crippen molar-refractivity contribution < 1.29 is 19.1 Å². The molecule has 0 fully saturated rings. The number of amides is 3. The molecule has 0 saturated heterocycles. The first-order valence-electron chi connectivity index (χ1n) is 9.48. The van der Waals surface area contributed by atoms with Gasteiger partial charge in [-0.15, -0.1) is 0 Å². The first-order valence-corrected chi connectivity index (χ1v) is 11.1. The Kier molecular flexibility index (Phi) is 9.89. The standard InChI is InChI=1S/C21H22BrClN4O4S/c1-12-10-14(6-7-15(12)22)31-11-20(30)25-21(32)27-26-19(29)9-8-18(28)24-17-5-3-4-16(23)13(17)2/h3-7,10H,8-9,11H2,1-2H3,(H,24,28)(H,26,29)(H2,25,27,30,32). The molecule has 0 aromatic heterocycles. The summed E-state index contributed by atoms with van der Waals surface area (Å²) in [7, 11) is 0. The van der Waals surface area contributed by atoms with Gasteiger partial charge in [-0.1, -0.05) is 33.6 Å². The number of ether oxygens (including phenoxy) is 1. The van der Waals surface area contributed by atoms with Crippen molar-refractivity contribution in [3.05, 3.63) is 57.0 Å². The number of nitrogens with one attached hydrogen (secondary N) is 4. The molecule has 11 heteroatoms. The normalized spacial score (nSPS) is 10.1. The summed E-state index contributed by atoms with van der Waals surface area (Å²) in [6.07, 6.45) is -0.125. The van der Waals surface area contributed by atoms with Gasteiger partial charge >= 0.3 is 0 Å². The number of halogens is 2. The third-order valence-electron chi connectivity index (χ3n) is 4.19. The van der Waals surface area contributed by atoms with E-state index in [2.05, 4.69) is 37.4 Å². The van der Waals surface area contributed by atoms with Crippen LogP contribution in [0.25, 0.3) is 0 Å². The van der Waals surface area contributed by atoms with E-state index in [1.165, 1.54) is 0 Å². The highest BCUT2D eigenvalue weighted by Crippen LogP contribution is 2.23. The molecule has 4 N–H and O–H groups in total. The fraction of sp³-hybridized carbons (Fsp3) is 0.238. The van der Waals surface area contributed by atoms with Crippen LogP contribution in [0.5, 0.6) is 5.75 Å². The minimum absolute atomic E-state index is 0.0426. The summed E-state index contributed by atoms with van der Waals surface area (Å²) < 4.78 is 6.34. The van der Waals surface area contributed by atoms with Crippen LogP contribution in [0.15, 0.2) is 40.9 Å². The van der Waals surface area contributed by atoms with Gasteiger partial charge in [-0.25, -0.2) is 0 Å². The Bertz CT molecular complexity index is 1030. The van der Waals surface area contributed by atoms with Crippen LogP contribution in [0.4, 0.5) is 5.69 Å². The second-order valence-corrected chi connectivity index (χ2v) is 8.38. The number of rotatable bonds is 7. The summed E-state index contributed by atoms with van der Waals surface area (Å²) in [6, 6.07) is 10.5. The minimum Gasteiger partial charge on any atom is -0.484 e. The first-order chi connectivity index (χ1) is 15.2. The average Bonchev–Trinajstić information content (AvgIpc) is 2.75. The zero-order valence-electron chi connectivity index (χ0n) is 17.4. The van der Waals surface area contributed by atoms with Gasteiger partial charge in [0.05, 0.1) is 0 Å². The van der Waals surface area contributed by atoms with Crippen LogP contribution in [0.3, 0.4) is 0 Å². The van der Waals surface area contributed by atoms with E-state index in [0.717, 1.165) is 15.6 Å². The number of hydrogen-bond donors (Lipinski definition) is 4. The van der Waals surface area contributed by atoms with Gasteiger partial charge in [0.15, 0.2) is 11.7 Å². The van der Waals surface area contributed by atoms with E-state index in [1.807, 2.05) is 13.0 Å². The topological polar surface area (TPSA) is 109 Å². The van der Waals surface area contributed by atoms with Crippen molar-refractivity contribution in [3.63, 3.8) is 0 Å². The zero-order valence-corrected chi connectivity index (χ0v) is 20.5. The molecule has 170 valence electrons. The van der Waals surface area contributed by atoms with E-state index < -0.39 is 11.8 Å². The van der Waals surface area contributed by atoms with Crippen LogP contribution in [0, 0.1) is 13.8 Å². The lowest BCUT2D eigenvalue weighted by Crippen LogP contribution is -2.49. The summed E-state index contributed by atoms with van der Waals surface area (Å²) in [5.74, 6) is -0.754. The second kappa shape index (κ2) is 12.4. The lowest BCUT2D eigenvalue weighted by atomic mass is 10.2. The predicted octanol–water partition coefficient (Wildman–Crippen LogP) is 3.54. The van der Waals surface area contributed by atoms with Gasteiger partial charge in [0.25, 0.3) is 5.91 Å². The number of thiocarbonyl (C=S) groups is 1. The quantitative estimate of drug-likeness (QED) is 0.315. The number of aryl methyl sites for hydroxylation is 1. The van der Waals surface area contributed by atoms with Crippen molar-refractivity contribution in [3.8, 4) is 5.75 Å². The van der Waals surface area contributed by atoms with Crippen LogP contribution in [0.1, 0.15) is 24.0 Å². The number of hydrazine groups is 1. The fourth-order valence-electron chi connectivity index (χ4n) is 2.42. The predicted molar refractivity (Wildman–Crippen MR) is 130 cm³/mol. The summed E-state index contributed by atoms with van der Waals surface area (Å²) in [5, 5.41) is 5.53. The van der Waals surface area contributed by atoms with Crippen LogP contribution < -0.4 is 26.2 Å². The third kappa shape index (κ3) is 8.45. The molecule has 0 saturated carbocycles. The average molecular weight is 542 g/mol. The maximum atomic E-state index is 12.0. The van der Waals surface area contributed by atoms with E-state index in [9.17, 15) is 14.4 Å². The van der Waals surface area contributed by atoms with E-state index in [1.54, 1.807) is 37.3 Å². The number of hydrogen-bond acceptors (Lipinski definition) is 5. The highest BCUT2D eigenvalue weighted by atomic mass is 79.9. The van der Waals surface area contributed by atoms with E-state index in [-0.39, 0.29) is 30.5 Å². The summed E-state index contributed by atoms with van der Waals surface area (Å²) >= 11 is 14.4. The van der Waals surface area contributed by atoms with E-state index >= 15 is 0 Å². The molecule has 0 bridgehead atoms. The number of carbonyl (C=O) groups excluding carboxylic acids is 3. The van der Waals surface area contributed by atoms with Crippen molar-refractivity contribution in [1.82, 2.24) is 16.2 Å². The Balaban J connectivity index is 1.65. The maximum absolute atomic E-state index is 12.0. The van der Waals surface area contributed by atoms with Gasteiger partial charge in [0, 0.05) is 28.0 Å². The van der Waals surface area contributed by atoms with Gasteiger partial charge in [0.2, 0.25) is 11.8 Å². The number of anilines is 1. The van der Waals surface area contributed by atoms with Crippen LogP contribution in [0.2, 0.25) is 5.02 Å². The Hall–Kier alpha value is -2.69. The van der Waals surface area contributed by atoms with Crippen LogP contribution >= 0.6 is 39.7 Å². The monoisotopic (exact) mass is 540 g/mol. The lowest BCUT2D eigenvalue weighted by molar-refractivity contribution is -0.125. The number of benzene rings is 2. The van der Waals surface area contributed by atoms with Crippen LogP contribution in [-0.2, 0) is 14.4 Å². The van der Waals surface area contributed by atoms with E-state index in [0.29, 0.717) is 16.5 Å². The van der Waals surface area contributed by atoms with Gasteiger partial charge in [-0.2, -0.15) is 0 Å². The molecule has 0 spiro atoms. The number of carbonyl (C=O) groups is 3. The Morgan fingerprint density at radius 1 is 1.03 bits per heavy atom. The summed E-state index contributed by atoms with van der Waals surface area (Å²) in [4.78, 5) is 35.9. The highest BCUT2D eigenvalue weighted by Gasteiger charge is 2.11. The molecule has 2 aromatic carbocycles. The molecule has 2 aromatic rings. The molecular weight excluding hydrogens is 520 g/mol. The molecule has 3 amide bonds. The molecule has 0 radical (unpaired) electrons. The SMILES string of the molecule is Cc1cc(OCC(=O)NC(=S)NNC(=O)CCC(=O)Nc2cccc(Cl)c2C)ccc1Br. The highest BCUT2D eigenvalue weighted by molar-refractivity contribution is 9.10. The maximum Gasteiger partial charge on any atom is 0.264 e. The third-order valence-corrected chi connectivity index (χ3v) is 5.69. The molecule has 0 atom stereocenters. The molecule has 0 unspecified atom stereocenters. The zero-order chi connectivity index (χ0) is 23.7. The smallest absolute Gasteiger partial charge is 0.264 e. The fourth-order valence-corrected chi connectivity index (χ4v) is 3.01. The van der Waals surface area contributed by atoms with Crippen molar-refractivity contribution in [2.24, 2.45) is 0 Å². The van der Waals surface area contributed by atoms with Gasteiger partial charge in [-0.3, -0.25) is 30.6 Å². The molecule has 8 nitrogen and oxygen atoms in total. The second-order valence-electron chi connectivity index (χ2n) is 6.71. The molecule has 2 rings (SSSR count).